The van der Waals surface area contributed by atoms with Crippen molar-refractivity contribution in [1.29, 1.82) is 0 Å². The Morgan fingerprint density at radius 3 is 2.33 bits per heavy atom. The van der Waals surface area contributed by atoms with Crippen LogP contribution < -0.4 is 4.74 Å². The number of nitrogens with zero attached hydrogens (tertiary/aromatic N) is 1. The van der Waals surface area contributed by atoms with E-state index in [2.05, 4.69) is 4.90 Å². The van der Waals surface area contributed by atoms with Gasteiger partial charge in [-0.05, 0) is 50.2 Å². The molecular formula is C12H16ClNO3S. The van der Waals surface area contributed by atoms with Crippen molar-refractivity contribution in [1.82, 2.24) is 4.90 Å². The first-order valence-corrected chi connectivity index (χ1v) is 8.26. The van der Waals surface area contributed by atoms with E-state index in [1.807, 2.05) is 0 Å². The second-order valence-electron chi connectivity index (χ2n) is 4.31. The van der Waals surface area contributed by atoms with Crippen molar-refractivity contribution in [3.8, 4) is 5.75 Å². The van der Waals surface area contributed by atoms with Gasteiger partial charge in [0.25, 0.3) is 9.05 Å². The molecule has 0 N–H and O–H groups in total. The predicted octanol–water partition coefficient (Wildman–Crippen LogP) is 2.09. The SMILES string of the molecule is O=S(=O)(Cl)c1ccc(OCCN2CCCC2)cc1. The molecular weight excluding hydrogens is 274 g/mol. The second kappa shape index (κ2) is 5.91. The Labute approximate surface area is 112 Å². The molecule has 0 radical (unpaired) electrons. The molecule has 6 heteroatoms. The summed E-state index contributed by atoms with van der Waals surface area (Å²) in [6, 6.07) is 6.15. The maximum absolute atomic E-state index is 11.1. The molecule has 100 valence electrons. The van der Waals surface area contributed by atoms with Gasteiger partial charge in [0, 0.05) is 17.2 Å². The van der Waals surface area contributed by atoms with Crippen molar-refractivity contribution in [3.63, 3.8) is 0 Å². The maximum Gasteiger partial charge on any atom is 0.261 e. The molecule has 18 heavy (non-hydrogen) atoms. The summed E-state index contributed by atoms with van der Waals surface area (Å²) in [6.07, 6.45) is 2.53. The van der Waals surface area contributed by atoms with Crippen molar-refractivity contribution in [2.24, 2.45) is 0 Å². The predicted molar refractivity (Wildman–Crippen MR) is 70.6 cm³/mol. The number of hydrogen-bond donors (Lipinski definition) is 0. The van der Waals surface area contributed by atoms with Crippen LogP contribution in [-0.2, 0) is 9.05 Å². The van der Waals surface area contributed by atoms with E-state index >= 15 is 0 Å². The quantitative estimate of drug-likeness (QED) is 0.779. The van der Waals surface area contributed by atoms with Crippen LogP contribution >= 0.6 is 10.7 Å². The van der Waals surface area contributed by atoms with Gasteiger partial charge in [0.05, 0.1) is 4.90 Å². The van der Waals surface area contributed by atoms with E-state index in [1.165, 1.54) is 25.0 Å². The lowest BCUT2D eigenvalue weighted by Crippen LogP contribution is -2.25. The van der Waals surface area contributed by atoms with Crippen molar-refractivity contribution < 1.29 is 13.2 Å². The van der Waals surface area contributed by atoms with Gasteiger partial charge in [-0.15, -0.1) is 0 Å². The van der Waals surface area contributed by atoms with Gasteiger partial charge in [0.15, 0.2) is 0 Å². The van der Waals surface area contributed by atoms with Crippen LogP contribution in [0, 0.1) is 0 Å². The summed E-state index contributed by atoms with van der Waals surface area (Å²) >= 11 is 0. The number of likely N-dealkylation sites (tertiary alicyclic amines) is 1. The van der Waals surface area contributed by atoms with Crippen LogP contribution in [0.5, 0.6) is 5.75 Å². The van der Waals surface area contributed by atoms with Gasteiger partial charge in [-0.3, -0.25) is 4.90 Å². The lowest BCUT2D eigenvalue weighted by Gasteiger charge is -2.14. The lowest BCUT2D eigenvalue weighted by molar-refractivity contribution is 0.237. The summed E-state index contributed by atoms with van der Waals surface area (Å²) in [5.41, 5.74) is 0. The van der Waals surface area contributed by atoms with Crippen molar-refractivity contribution in [2.75, 3.05) is 26.2 Å². The zero-order chi connectivity index (χ0) is 13.0. The molecule has 0 aliphatic carbocycles. The van der Waals surface area contributed by atoms with Crippen LogP contribution in [0.2, 0.25) is 0 Å². The Bertz CT molecular complexity index is 481. The largest absolute Gasteiger partial charge is 0.492 e. The van der Waals surface area contributed by atoms with E-state index in [0.29, 0.717) is 12.4 Å². The first kappa shape index (κ1) is 13.6. The second-order valence-corrected chi connectivity index (χ2v) is 6.87. The fraction of sp³-hybridized carbons (Fsp3) is 0.500. The average Bonchev–Trinajstić information content (AvgIpc) is 2.82. The van der Waals surface area contributed by atoms with Crippen molar-refractivity contribution in [3.05, 3.63) is 24.3 Å². The minimum atomic E-state index is -3.64. The zero-order valence-electron chi connectivity index (χ0n) is 10.0. The van der Waals surface area contributed by atoms with Crippen LogP contribution in [0.1, 0.15) is 12.8 Å². The molecule has 1 aromatic carbocycles. The summed E-state index contributed by atoms with van der Waals surface area (Å²) < 4.78 is 27.7. The van der Waals surface area contributed by atoms with Crippen LogP contribution in [0.25, 0.3) is 0 Å². The number of benzene rings is 1. The molecule has 1 aromatic rings. The fourth-order valence-corrected chi connectivity index (χ4v) is 2.77. The van der Waals surface area contributed by atoms with Gasteiger partial charge in [-0.1, -0.05) is 0 Å². The molecule has 1 aliphatic rings. The average molecular weight is 290 g/mol. The summed E-state index contributed by atoms with van der Waals surface area (Å²) in [4.78, 5) is 2.45. The molecule has 0 bridgehead atoms. The van der Waals surface area contributed by atoms with Crippen LogP contribution in [0.15, 0.2) is 29.2 Å². The van der Waals surface area contributed by atoms with Crippen molar-refractivity contribution >= 4 is 19.7 Å². The standard InChI is InChI=1S/C12H16ClNO3S/c13-18(15,16)12-5-3-11(4-6-12)17-10-9-14-7-1-2-8-14/h3-6H,1-2,7-10H2. The smallest absolute Gasteiger partial charge is 0.261 e. The van der Waals surface area contributed by atoms with Crippen LogP contribution in [-0.4, -0.2) is 39.6 Å². The van der Waals surface area contributed by atoms with E-state index in [-0.39, 0.29) is 4.90 Å². The Hall–Kier alpha value is -0.780. The normalized spacial score (nSPS) is 16.9. The van der Waals surface area contributed by atoms with Gasteiger partial charge in [-0.2, -0.15) is 0 Å². The third-order valence-electron chi connectivity index (χ3n) is 2.98. The minimum Gasteiger partial charge on any atom is -0.492 e. The molecule has 0 atom stereocenters. The van der Waals surface area contributed by atoms with Gasteiger partial charge in [-0.25, -0.2) is 8.42 Å². The fourth-order valence-electron chi connectivity index (χ4n) is 2.00. The highest BCUT2D eigenvalue weighted by Crippen LogP contribution is 2.19. The molecule has 0 saturated carbocycles. The first-order chi connectivity index (χ1) is 8.55. The molecule has 1 fully saturated rings. The lowest BCUT2D eigenvalue weighted by atomic mass is 10.3. The first-order valence-electron chi connectivity index (χ1n) is 5.95. The van der Waals surface area contributed by atoms with Crippen LogP contribution in [0.4, 0.5) is 0 Å². The molecule has 2 rings (SSSR count). The van der Waals surface area contributed by atoms with E-state index in [1.54, 1.807) is 12.1 Å². The third-order valence-corrected chi connectivity index (χ3v) is 4.35. The van der Waals surface area contributed by atoms with Crippen LogP contribution in [0.3, 0.4) is 0 Å². The zero-order valence-corrected chi connectivity index (χ0v) is 11.6. The molecule has 1 saturated heterocycles. The van der Waals surface area contributed by atoms with Crippen molar-refractivity contribution in [2.45, 2.75) is 17.7 Å². The molecule has 0 aromatic heterocycles. The summed E-state index contributed by atoms with van der Waals surface area (Å²) in [7, 11) is 1.58. The minimum absolute atomic E-state index is 0.0936. The topological polar surface area (TPSA) is 46.6 Å². The third kappa shape index (κ3) is 3.86. The molecule has 1 heterocycles. The number of ether oxygens (including phenoxy) is 1. The summed E-state index contributed by atoms with van der Waals surface area (Å²) in [6.45, 7) is 3.82. The van der Waals surface area contributed by atoms with Gasteiger partial charge < -0.3 is 4.74 Å². The number of rotatable bonds is 5. The van der Waals surface area contributed by atoms with E-state index < -0.39 is 9.05 Å². The Kier molecular flexibility index (Phi) is 4.48. The molecule has 4 nitrogen and oxygen atoms in total. The summed E-state index contributed by atoms with van der Waals surface area (Å²) in [5.74, 6) is 0.665. The maximum atomic E-state index is 11.1. The Morgan fingerprint density at radius 2 is 1.78 bits per heavy atom. The van der Waals surface area contributed by atoms with E-state index in [4.69, 9.17) is 15.4 Å². The van der Waals surface area contributed by atoms with E-state index in [0.717, 1.165) is 19.6 Å². The number of halogens is 1. The molecule has 0 spiro atoms. The van der Waals surface area contributed by atoms with Gasteiger partial charge >= 0.3 is 0 Å². The summed E-state index contributed by atoms with van der Waals surface area (Å²) in [5, 5.41) is 0. The highest BCUT2D eigenvalue weighted by molar-refractivity contribution is 8.13. The highest BCUT2D eigenvalue weighted by atomic mass is 35.7. The number of hydrogen-bond acceptors (Lipinski definition) is 4. The van der Waals surface area contributed by atoms with Gasteiger partial charge in [0.1, 0.15) is 12.4 Å². The molecule has 1 aliphatic heterocycles. The molecule has 0 amide bonds. The highest BCUT2D eigenvalue weighted by Gasteiger charge is 2.11. The molecule has 0 unspecified atom stereocenters. The van der Waals surface area contributed by atoms with E-state index in [9.17, 15) is 8.42 Å². The monoisotopic (exact) mass is 289 g/mol. The Balaban J connectivity index is 1.83. The van der Waals surface area contributed by atoms with Gasteiger partial charge in [0.2, 0.25) is 0 Å². The Morgan fingerprint density at radius 1 is 1.17 bits per heavy atom.